The Morgan fingerprint density at radius 2 is 2.00 bits per heavy atom. The van der Waals surface area contributed by atoms with Crippen molar-refractivity contribution in [3.05, 3.63) is 65.5 Å². The summed E-state index contributed by atoms with van der Waals surface area (Å²) in [5.41, 5.74) is 0.742. The molecule has 1 aliphatic rings. The predicted octanol–water partition coefficient (Wildman–Crippen LogP) is 2.26. The van der Waals surface area contributed by atoms with E-state index in [4.69, 9.17) is 4.74 Å². The smallest absolute Gasteiger partial charge is 0.251 e. The highest BCUT2D eigenvalue weighted by molar-refractivity contribution is 7.89. The molecule has 28 heavy (non-hydrogen) atoms. The van der Waals surface area contributed by atoms with Crippen molar-refractivity contribution in [2.75, 3.05) is 19.7 Å². The third kappa shape index (κ3) is 5.37. The van der Waals surface area contributed by atoms with Crippen LogP contribution in [0, 0.1) is 5.82 Å². The molecule has 1 saturated heterocycles. The summed E-state index contributed by atoms with van der Waals surface area (Å²) >= 11 is 0. The second kappa shape index (κ2) is 9.27. The molecule has 1 amide bonds. The number of halogens is 1. The van der Waals surface area contributed by atoms with Crippen molar-refractivity contribution in [1.29, 1.82) is 0 Å². The highest BCUT2D eigenvalue weighted by Crippen LogP contribution is 2.15. The zero-order chi connectivity index (χ0) is 20.0. The summed E-state index contributed by atoms with van der Waals surface area (Å²) in [4.78, 5) is 12.3. The Balaban J connectivity index is 1.58. The van der Waals surface area contributed by atoms with Gasteiger partial charge in [-0.2, -0.15) is 0 Å². The number of hydrogen-bond acceptors (Lipinski definition) is 4. The van der Waals surface area contributed by atoms with E-state index in [1.807, 2.05) is 0 Å². The molecule has 2 aromatic rings. The van der Waals surface area contributed by atoms with Crippen molar-refractivity contribution < 1.29 is 22.3 Å². The molecular weight excluding hydrogens is 383 g/mol. The van der Waals surface area contributed by atoms with Gasteiger partial charge in [-0.05, 0) is 49.1 Å². The lowest BCUT2D eigenvalue weighted by molar-refractivity contribution is 0.0953. The fourth-order valence-corrected chi connectivity index (χ4v) is 4.12. The summed E-state index contributed by atoms with van der Waals surface area (Å²) in [6.45, 7) is 1.10. The van der Waals surface area contributed by atoms with Crippen LogP contribution in [0.3, 0.4) is 0 Å². The minimum atomic E-state index is -3.73. The minimum Gasteiger partial charge on any atom is -0.377 e. The van der Waals surface area contributed by atoms with Crippen molar-refractivity contribution in [2.45, 2.75) is 30.3 Å². The van der Waals surface area contributed by atoms with Crippen molar-refractivity contribution >= 4 is 15.9 Å². The summed E-state index contributed by atoms with van der Waals surface area (Å²) in [7, 11) is -3.73. The largest absolute Gasteiger partial charge is 0.377 e. The molecule has 6 nitrogen and oxygen atoms in total. The maximum atomic E-state index is 13.6. The molecule has 0 spiro atoms. The van der Waals surface area contributed by atoms with E-state index >= 15 is 0 Å². The highest BCUT2D eigenvalue weighted by Gasteiger charge is 2.21. The molecule has 0 radical (unpaired) electrons. The summed E-state index contributed by atoms with van der Waals surface area (Å²) in [6.07, 6.45) is 1.99. The number of hydrogen-bond donors (Lipinski definition) is 2. The van der Waals surface area contributed by atoms with Crippen LogP contribution in [0.5, 0.6) is 0 Å². The molecule has 0 bridgehead atoms. The normalized spacial score (nSPS) is 16.8. The molecule has 150 valence electrons. The first-order valence-electron chi connectivity index (χ1n) is 9.18. The van der Waals surface area contributed by atoms with Gasteiger partial charge in [0, 0.05) is 25.3 Å². The molecule has 1 fully saturated rings. The van der Waals surface area contributed by atoms with Gasteiger partial charge < -0.3 is 10.1 Å². The topological polar surface area (TPSA) is 84.5 Å². The maximum absolute atomic E-state index is 13.6. The Bertz CT molecular complexity index is 927. The molecule has 0 saturated carbocycles. The quantitative estimate of drug-likeness (QED) is 0.704. The predicted molar refractivity (Wildman–Crippen MR) is 103 cm³/mol. The van der Waals surface area contributed by atoms with Crippen LogP contribution >= 0.6 is 0 Å². The van der Waals surface area contributed by atoms with E-state index in [-0.39, 0.29) is 35.5 Å². The Hall–Kier alpha value is -2.29. The van der Waals surface area contributed by atoms with Crippen LogP contribution in [-0.2, 0) is 21.2 Å². The molecule has 1 aliphatic heterocycles. The zero-order valence-electron chi connectivity index (χ0n) is 15.4. The van der Waals surface area contributed by atoms with Crippen molar-refractivity contribution in [3.8, 4) is 0 Å². The average Bonchev–Trinajstić information content (AvgIpc) is 3.22. The molecule has 3 rings (SSSR count). The lowest BCUT2D eigenvalue weighted by atomic mass is 10.1. The van der Waals surface area contributed by atoms with Gasteiger partial charge in [0.05, 0.1) is 11.0 Å². The van der Waals surface area contributed by atoms with Gasteiger partial charge in [0.1, 0.15) is 5.82 Å². The first-order chi connectivity index (χ1) is 13.5. The van der Waals surface area contributed by atoms with E-state index < -0.39 is 15.9 Å². The average molecular weight is 406 g/mol. The number of sulfonamides is 1. The Kier molecular flexibility index (Phi) is 6.77. The lowest BCUT2D eigenvalue weighted by Crippen LogP contribution is -2.32. The van der Waals surface area contributed by atoms with Crippen LogP contribution < -0.4 is 10.0 Å². The van der Waals surface area contributed by atoms with E-state index in [0.29, 0.717) is 18.6 Å². The number of benzene rings is 2. The Morgan fingerprint density at radius 1 is 1.18 bits per heavy atom. The van der Waals surface area contributed by atoms with E-state index in [2.05, 4.69) is 10.0 Å². The van der Waals surface area contributed by atoms with E-state index in [1.165, 1.54) is 30.3 Å². The molecule has 0 aliphatic carbocycles. The molecule has 2 aromatic carbocycles. The monoisotopic (exact) mass is 406 g/mol. The number of carbonyl (C=O) groups excluding carboxylic acids is 1. The SMILES string of the molecule is O=C(NCCc1ccccc1F)c1cccc(S(=O)(=O)NCC2CCCO2)c1. The summed E-state index contributed by atoms with van der Waals surface area (Å²) < 4.78 is 46.5. The molecule has 2 N–H and O–H groups in total. The van der Waals surface area contributed by atoms with E-state index in [9.17, 15) is 17.6 Å². The fourth-order valence-electron chi connectivity index (χ4n) is 3.01. The zero-order valence-corrected chi connectivity index (χ0v) is 16.2. The first kappa shape index (κ1) is 20.4. The summed E-state index contributed by atoms with van der Waals surface area (Å²) in [6, 6.07) is 12.2. The van der Waals surface area contributed by atoms with Crippen molar-refractivity contribution in [3.63, 3.8) is 0 Å². The molecule has 8 heteroatoms. The first-order valence-corrected chi connectivity index (χ1v) is 10.7. The summed E-state index contributed by atoms with van der Waals surface area (Å²) in [5, 5.41) is 2.69. The number of carbonyl (C=O) groups is 1. The number of nitrogens with one attached hydrogen (secondary N) is 2. The molecule has 1 heterocycles. The lowest BCUT2D eigenvalue weighted by Gasteiger charge is -2.12. The van der Waals surface area contributed by atoms with Crippen LogP contribution in [0.4, 0.5) is 4.39 Å². The second-order valence-corrected chi connectivity index (χ2v) is 8.38. The fraction of sp³-hybridized carbons (Fsp3) is 0.350. The van der Waals surface area contributed by atoms with Crippen LogP contribution in [-0.4, -0.2) is 40.1 Å². The van der Waals surface area contributed by atoms with Gasteiger partial charge in [0.15, 0.2) is 0 Å². The third-order valence-electron chi connectivity index (χ3n) is 4.57. The number of ether oxygens (including phenoxy) is 1. The van der Waals surface area contributed by atoms with Gasteiger partial charge in [-0.25, -0.2) is 17.5 Å². The van der Waals surface area contributed by atoms with Gasteiger partial charge in [0.25, 0.3) is 5.91 Å². The Labute approximate surface area is 164 Å². The van der Waals surface area contributed by atoms with Crippen molar-refractivity contribution in [2.24, 2.45) is 0 Å². The van der Waals surface area contributed by atoms with Gasteiger partial charge >= 0.3 is 0 Å². The van der Waals surface area contributed by atoms with Gasteiger partial charge in [0.2, 0.25) is 10.0 Å². The van der Waals surface area contributed by atoms with Crippen LogP contribution in [0.1, 0.15) is 28.8 Å². The maximum Gasteiger partial charge on any atom is 0.251 e. The third-order valence-corrected chi connectivity index (χ3v) is 5.99. The minimum absolute atomic E-state index is 0.0206. The standard InChI is InChI=1S/C20H23FN2O4S/c21-19-9-2-1-5-15(19)10-11-22-20(24)16-6-3-8-18(13-16)28(25,26)23-14-17-7-4-12-27-17/h1-3,5-6,8-9,13,17,23H,4,7,10-12,14H2,(H,22,24). The van der Waals surface area contributed by atoms with Gasteiger partial charge in [-0.1, -0.05) is 24.3 Å². The van der Waals surface area contributed by atoms with Crippen molar-refractivity contribution in [1.82, 2.24) is 10.0 Å². The second-order valence-electron chi connectivity index (χ2n) is 6.61. The van der Waals surface area contributed by atoms with Gasteiger partial charge in [-0.15, -0.1) is 0 Å². The molecule has 1 unspecified atom stereocenters. The van der Waals surface area contributed by atoms with Gasteiger partial charge in [-0.3, -0.25) is 4.79 Å². The van der Waals surface area contributed by atoms with E-state index in [0.717, 1.165) is 12.8 Å². The molecule has 0 aromatic heterocycles. The molecular formula is C20H23FN2O4S. The van der Waals surface area contributed by atoms with Crippen LogP contribution in [0.2, 0.25) is 0 Å². The molecule has 1 atom stereocenters. The van der Waals surface area contributed by atoms with Crippen LogP contribution in [0.15, 0.2) is 53.4 Å². The summed E-state index contributed by atoms with van der Waals surface area (Å²) in [5.74, 6) is -0.727. The van der Waals surface area contributed by atoms with E-state index in [1.54, 1.807) is 18.2 Å². The van der Waals surface area contributed by atoms with Crippen LogP contribution in [0.25, 0.3) is 0 Å². The highest BCUT2D eigenvalue weighted by atomic mass is 32.2. The number of amides is 1. The Morgan fingerprint density at radius 3 is 2.75 bits per heavy atom. The number of rotatable bonds is 8.